The molecule has 100 valence electrons. The van der Waals surface area contributed by atoms with Crippen molar-refractivity contribution in [2.45, 2.75) is 33.7 Å². The van der Waals surface area contributed by atoms with Gasteiger partial charge in [0.05, 0.1) is 10.0 Å². The summed E-state index contributed by atoms with van der Waals surface area (Å²) in [6.07, 6.45) is 2.13. The highest BCUT2D eigenvalue weighted by molar-refractivity contribution is 6.42. The summed E-state index contributed by atoms with van der Waals surface area (Å²) in [6, 6.07) is 6.20. The van der Waals surface area contributed by atoms with E-state index >= 15 is 0 Å². The van der Waals surface area contributed by atoms with Crippen LogP contribution in [0.3, 0.4) is 0 Å². The summed E-state index contributed by atoms with van der Waals surface area (Å²) in [6.45, 7) is 9.53. The predicted molar refractivity (Wildman–Crippen MR) is 82.4 cm³/mol. The molecule has 18 heavy (non-hydrogen) atoms. The first-order valence-corrected chi connectivity index (χ1v) is 7.05. The summed E-state index contributed by atoms with van der Waals surface area (Å²) >= 11 is 12.2. The normalized spacial score (nSPS) is 12.6. The van der Waals surface area contributed by atoms with Crippen molar-refractivity contribution in [2.75, 3.05) is 6.54 Å². The molecule has 0 amide bonds. The lowest BCUT2D eigenvalue weighted by molar-refractivity contribution is 0.593. The summed E-state index contributed by atoms with van der Waals surface area (Å²) in [5.41, 5.74) is 2.31. The van der Waals surface area contributed by atoms with Crippen molar-refractivity contribution in [1.29, 1.82) is 0 Å². The van der Waals surface area contributed by atoms with Gasteiger partial charge in [0.2, 0.25) is 0 Å². The second-order valence-corrected chi connectivity index (χ2v) is 5.84. The molecule has 0 aliphatic carbocycles. The van der Waals surface area contributed by atoms with Crippen LogP contribution < -0.4 is 5.32 Å². The predicted octanol–water partition coefficient (Wildman–Crippen LogP) is 5.03. The van der Waals surface area contributed by atoms with E-state index in [4.69, 9.17) is 23.2 Å². The van der Waals surface area contributed by atoms with Gasteiger partial charge in [-0.05, 0) is 17.5 Å². The molecule has 0 saturated carbocycles. The van der Waals surface area contributed by atoms with Crippen molar-refractivity contribution in [3.8, 4) is 0 Å². The molecule has 1 aromatic rings. The Labute approximate surface area is 120 Å². The molecule has 0 aliphatic heterocycles. The van der Waals surface area contributed by atoms with Crippen molar-refractivity contribution >= 4 is 29.3 Å². The Morgan fingerprint density at radius 1 is 1.22 bits per heavy atom. The fraction of sp³-hybridized carbons (Fsp3) is 0.467. The number of halogens is 2. The van der Waals surface area contributed by atoms with Crippen LogP contribution in [-0.2, 0) is 0 Å². The van der Waals surface area contributed by atoms with Gasteiger partial charge in [-0.2, -0.15) is 0 Å². The van der Waals surface area contributed by atoms with Gasteiger partial charge in [0, 0.05) is 12.6 Å². The highest BCUT2D eigenvalue weighted by Gasteiger charge is 2.07. The van der Waals surface area contributed by atoms with Crippen molar-refractivity contribution < 1.29 is 0 Å². The quantitative estimate of drug-likeness (QED) is 0.800. The minimum absolute atomic E-state index is 0.474. The zero-order valence-corrected chi connectivity index (χ0v) is 12.9. The summed E-state index contributed by atoms with van der Waals surface area (Å²) < 4.78 is 0. The van der Waals surface area contributed by atoms with E-state index in [1.54, 1.807) is 0 Å². The fourth-order valence-corrected chi connectivity index (χ4v) is 1.94. The van der Waals surface area contributed by atoms with Crippen LogP contribution in [-0.4, -0.2) is 12.6 Å². The van der Waals surface area contributed by atoms with Crippen LogP contribution in [0.2, 0.25) is 10.0 Å². The highest BCUT2D eigenvalue weighted by atomic mass is 35.5. The summed E-state index contributed by atoms with van der Waals surface area (Å²) in [5, 5.41) is 4.67. The maximum atomic E-state index is 6.21. The molecule has 0 fully saturated rings. The Morgan fingerprint density at radius 2 is 1.89 bits per heavy atom. The molecule has 0 bridgehead atoms. The molecule has 0 spiro atoms. The molecule has 1 N–H and O–H groups in total. The summed E-state index contributed by atoms with van der Waals surface area (Å²) in [7, 11) is 0. The maximum Gasteiger partial charge on any atom is 0.0664 e. The third kappa shape index (κ3) is 4.64. The zero-order valence-electron chi connectivity index (χ0n) is 11.4. The lowest BCUT2D eigenvalue weighted by atomic mass is 10.00. The molecular formula is C15H21Cl2N. The van der Waals surface area contributed by atoms with E-state index in [0.717, 1.165) is 12.1 Å². The Bertz CT molecular complexity index is 423. The lowest BCUT2D eigenvalue weighted by Gasteiger charge is -2.15. The van der Waals surface area contributed by atoms with E-state index in [0.29, 0.717) is 22.0 Å². The third-order valence-corrected chi connectivity index (χ3v) is 3.61. The van der Waals surface area contributed by atoms with Gasteiger partial charge in [-0.15, -0.1) is 0 Å². The topological polar surface area (TPSA) is 12.0 Å². The standard InChI is InChI=1S/C15H21Cl2N/c1-10(2)13(9-18-11(3)4)8-12-6-5-7-14(16)15(12)17/h5-8,10-11,18H,9H2,1-4H3. The lowest BCUT2D eigenvalue weighted by Crippen LogP contribution is -2.26. The maximum absolute atomic E-state index is 6.21. The minimum Gasteiger partial charge on any atom is -0.311 e. The molecule has 0 heterocycles. The van der Waals surface area contributed by atoms with E-state index in [1.165, 1.54) is 5.57 Å². The van der Waals surface area contributed by atoms with Gasteiger partial charge in [0.1, 0.15) is 0 Å². The number of rotatable bonds is 5. The molecule has 0 aromatic heterocycles. The molecule has 0 saturated heterocycles. The number of nitrogens with one attached hydrogen (secondary N) is 1. The Balaban J connectivity index is 2.97. The van der Waals surface area contributed by atoms with Gasteiger partial charge >= 0.3 is 0 Å². The molecule has 0 radical (unpaired) electrons. The van der Waals surface area contributed by atoms with E-state index < -0.39 is 0 Å². The van der Waals surface area contributed by atoms with Crippen molar-refractivity contribution in [2.24, 2.45) is 5.92 Å². The van der Waals surface area contributed by atoms with E-state index in [-0.39, 0.29) is 0 Å². The van der Waals surface area contributed by atoms with Crippen LogP contribution >= 0.6 is 23.2 Å². The highest BCUT2D eigenvalue weighted by Crippen LogP contribution is 2.28. The van der Waals surface area contributed by atoms with E-state index in [1.807, 2.05) is 18.2 Å². The minimum atomic E-state index is 0.474. The first-order chi connectivity index (χ1) is 8.41. The average molecular weight is 286 g/mol. The van der Waals surface area contributed by atoms with Crippen LogP contribution in [0.25, 0.3) is 6.08 Å². The van der Waals surface area contributed by atoms with Gasteiger partial charge < -0.3 is 5.32 Å². The molecule has 0 unspecified atom stereocenters. The Morgan fingerprint density at radius 3 is 2.44 bits per heavy atom. The fourth-order valence-electron chi connectivity index (χ4n) is 1.58. The van der Waals surface area contributed by atoms with Crippen LogP contribution in [0.5, 0.6) is 0 Å². The van der Waals surface area contributed by atoms with Crippen molar-refractivity contribution in [3.05, 3.63) is 39.4 Å². The Hall–Kier alpha value is -0.500. The number of benzene rings is 1. The largest absolute Gasteiger partial charge is 0.311 e. The summed E-state index contributed by atoms with van der Waals surface area (Å²) in [5.74, 6) is 0.478. The van der Waals surface area contributed by atoms with Crippen molar-refractivity contribution in [1.82, 2.24) is 5.32 Å². The third-order valence-electron chi connectivity index (χ3n) is 2.78. The molecular weight excluding hydrogens is 265 g/mol. The zero-order chi connectivity index (χ0) is 13.7. The monoisotopic (exact) mass is 285 g/mol. The first kappa shape index (κ1) is 15.6. The molecule has 1 rings (SSSR count). The van der Waals surface area contributed by atoms with Gasteiger partial charge in [-0.25, -0.2) is 0 Å². The van der Waals surface area contributed by atoms with E-state index in [2.05, 4.69) is 39.1 Å². The van der Waals surface area contributed by atoms with Crippen LogP contribution in [0, 0.1) is 5.92 Å². The first-order valence-electron chi connectivity index (χ1n) is 6.29. The Kier molecular flexibility index (Phi) is 6.20. The van der Waals surface area contributed by atoms with Crippen LogP contribution in [0.4, 0.5) is 0 Å². The average Bonchev–Trinajstić information content (AvgIpc) is 2.29. The van der Waals surface area contributed by atoms with Gasteiger partial charge in [-0.1, -0.05) is 74.7 Å². The molecule has 0 atom stereocenters. The second kappa shape index (κ2) is 7.18. The van der Waals surface area contributed by atoms with Gasteiger partial charge in [0.15, 0.2) is 0 Å². The summed E-state index contributed by atoms with van der Waals surface area (Å²) in [4.78, 5) is 0. The van der Waals surface area contributed by atoms with Gasteiger partial charge in [-0.3, -0.25) is 0 Å². The smallest absolute Gasteiger partial charge is 0.0664 e. The number of hydrogen-bond donors (Lipinski definition) is 1. The molecule has 1 aromatic carbocycles. The van der Waals surface area contributed by atoms with E-state index in [9.17, 15) is 0 Å². The second-order valence-electron chi connectivity index (χ2n) is 5.05. The molecule has 0 aliphatic rings. The van der Waals surface area contributed by atoms with Gasteiger partial charge in [0.25, 0.3) is 0 Å². The van der Waals surface area contributed by atoms with Crippen molar-refractivity contribution in [3.63, 3.8) is 0 Å². The number of hydrogen-bond acceptors (Lipinski definition) is 1. The molecule has 1 nitrogen and oxygen atoms in total. The van der Waals surface area contributed by atoms with Crippen LogP contribution in [0.1, 0.15) is 33.3 Å². The van der Waals surface area contributed by atoms with Crippen LogP contribution in [0.15, 0.2) is 23.8 Å². The SMILES string of the molecule is CC(C)NCC(=Cc1cccc(Cl)c1Cl)C(C)C. The molecule has 3 heteroatoms.